The van der Waals surface area contributed by atoms with Gasteiger partial charge in [-0.05, 0) is 18.2 Å². The van der Waals surface area contributed by atoms with Crippen LogP contribution in [-0.2, 0) is 0 Å². The molecule has 2 aromatic heterocycles. The van der Waals surface area contributed by atoms with Gasteiger partial charge >= 0.3 is 0 Å². The molecule has 1 aromatic carbocycles. The first-order valence-electron chi connectivity index (χ1n) is 5.32. The molecule has 0 radical (unpaired) electrons. The summed E-state index contributed by atoms with van der Waals surface area (Å²) in [5.74, 6) is 0.829. The van der Waals surface area contributed by atoms with Crippen LogP contribution in [0.3, 0.4) is 0 Å². The van der Waals surface area contributed by atoms with Gasteiger partial charge in [-0.15, -0.1) is 0 Å². The van der Waals surface area contributed by atoms with Crippen LogP contribution in [0.5, 0.6) is 5.75 Å². The Bertz CT molecular complexity index is 660. The molecule has 17 heavy (non-hydrogen) atoms. The van der Waals surface area contributed by atoms with E-state index in [4.69, 9.17) is 4.74 Å². The molecule has 84 valence electrons. The minimum absolute atomic E-state index is 0.827. The summed E-state index contributed by atoms with van der Waals surface area (Å²) < 4.78 is 7.17. The molecule has 0 aliphatic carbocycles. The van der Waals surface area contributed by atoms with E-state index in [0.717, 1.165) is 22.7 Å². The van der Waals surface area contributed by atoms with Crippen molar-refractivity contribution in [3.05, 3.63) is 48.8 Å². The lowest BCUT2D eigenvalue weighted by atomic mass is 10.1. The van der Waals surface area contributed by atoms with E-state index >= 15 is 0 Å². The third-order valence-corrected chi connectivity index (χ3v) is 2.67. The summed E-state index contributed by atoms with van der Waals surface area (Å²) in [6.45, 7) is 0. The first-order valence-corrected chi connectivity index (χ1v) is 5.32. The topological polar surface area (TPSA) is 39.4 Å². The lowest BCUT2D eigenvalue weighted by Gasteiger charge is -2.09. The maximum absolute atomic E-state index is 5.36. The Morgan fingerprint density at radius 2 is 1.94 bits per heavy atom. The highest BCUT2D eigenvalue weighted by Gasteiger charge is 2.09. The third kappa shape index (κ3) is 1.54. The predicted octanol–water partition coefficient (Wildman–Crippen LogP) is 2.40. The summed E-state index contributed by atoms with van der Waals surface area (Å²) in [5.41, 5.74) is 2.80. The Morgan fingerprint density at radius 3 is 2.82 bits per heavy atom. The zero-order chi connectivity index (χ0) is 11.7. The highest BCUT2D eigenvalue weighted by Crippen LogP contribution is 2.28. The molecule has 0 saturated heterocycles. The van der Waals surface area contributed by atoms with Crippen molar-refractivity contribution >= 4 is 5.65 Å². The van der Waals surface area contributed by atoms with E-state index in [1.165, 1.54) is 0 Å². The van der Waals surface area contributed by atoms with E-state index in [1.807, 2.05) is 36.4 Å². The van der Waals surface area contributed by atoms with E-state index in [9.17, 15) is 0 Å². The molecular formula is C13H11N3O. The molecule has 3 rings (SSSR count). The second-order valence-corrected chi connectivity index (χ2v) is 3.63. The van der Waals surface area contributed by atoms with Gasteiger partial charge in [0.2, 0.25) is 0 Å². The van der Waals surface area contributed by atoms with E-state index in [-0.39, 0.29) is 0 Å². The molecule has 0 bridgehead atoms. The van der Waals surface area contributed by atoms with Crippen LogP contribution in [0.1, 0.15) is 0 Å². The Morgan fingerprint density at radius 1 is 1.06 bits per heavy atom. The normalized spacial score (nSPS) is 10.6. The monoisotopic (exact) mass is 225 g/mol. The molecule has 0 fully saturated rings. The van der Waals surface area contributed by atoms with Gasteiger partial charge in [-0.2, -0.15) is 5.10 Å². The minimum atomic E-state index is 0.827. The molecule has 0 atom stereocenters. The number of benzene rings is 1. The second kappa shape index (κ2) is 3.90. The molecule has 0 saturated carbocycles. The Hall–Kier alpha value is -2.36. The number of aromatic nitrogens is 3. The van der Waals surface area contributed by atoms with Crippen LogP contribution >= 0.6 is 0 Å². The van der Waals surface area contributed by atoms with Crippen LogP contribution in [0.15, 0.2) is 48.8 Å². The Balaban J connectivity index is 2.30. The standard InChI is InChI=1S/C13H11N3O/c1-17-12-5-3-2-4-10(12)11-6-8-14-13-7-9-15-16(11)13/h2-9H,1H3. The maximum Gasteiger partial charge on any atom is 0.155 e. The molecular weight excluding hydrogens is 214 g/mol. The number of fused-ring (bicyclic) bond motifs is 1. The molecule has 4 nitrogen and oxygen atoms in total. The quantitative estimate of drug-likeness (QED) is 0.672. The maximum atomic E-state index is 5.36. The highest BCUT2D eigenvalue weighted by atomic mass is 16.5. The number of nitrogens with zero attached hydrogens (tertiary/aromatic N) is 3. The zero-order valence-corrected chi connectivity index (χ0v) is 9.37. The van der Waals surface area contributed by atoms with E-state index < -0.39 is 0 Å². The number of rotatable bonds is 2. The van der Waals surface area contributed by atoms with Crippen LogP contribution in [0.2, 0.25) is 0 Å². The smallest absolute Gasteiger partial charge is 0.155 e. The van der Waals surface area contributed by atoms with Crippen molar-refractivity contribution in [3.63, 3.8) is 0 Å². The van der Waals surface area contributed by atoms with E-state index in [2.05, 4.69) is 10.1 Å². The van der Waals surface area contributed by atoms with Crippen LogP contribution in [-0.4, -0.2) is 21.7 Å². The lowest BCUT2D eigenvalue weighted by Crippen LogP contribution is -1.97. The van der Waals surface area contributed by atoms with Gasteiger partial charge in [0.15, 0.2) is 5.65 Å². The van der Waals surface area contributed by atoms with Gasteiger partial charge in [-0.1, -0.05) is 12.1 Å². The number of hydrogen-bond donors (Lipinski definition) is 0. The van der Waals surface area contributed by atoms with Crippen molar-refractivity contribution in [2.45, 2.75) is 0 Å². The first-order chi connectivity index (χ1) is 8.40. The van der Waals surface area contributed by atoms with E-state index in [1.54, 1.807) is 24.0 Å². The van der Waals surface area contributed by atoms with Gasteiger partial charge in [0.1, 0.15) is 5.75 Å². The SMILES string of the molecule is COc1ccccc1-c1ccnc2ccnn12. The van der Waals surface area contributed by atoms with Crippen LogP contribution in [0.4, 0.5) is 0 Å². The molecule has 2 heterocycles. The molecule has 0 unspecified atom stereocenters. The largest absolute Gasteiger partial charge is 0.496 e. The summed E-state index contributed by atoms with van der Waals surface area (Å²) >= 11 is 0. The summed E-state index contributed by atoms with van der Waals surface area (Å²) in [6.07, 6.45) is 3.51. The highest BCUT2D eigenvalue weighted by molar-refractivity contribution is 5.68. The number of para-hydroxylation sites is 1. The van der Waals surface area contributed by atoms with Crippen LogP contribution < -0.4 is 4.74 Å². The van der Waals surface area contributed by atoms with Crippen molar-refractivity contribution in [1.82, 2.24) is 14.6 Å². The van der Waals surface area contributed by atoms with E-state index in [0.29, 0.717) is 0 Å². The van der Waals surface area contributed by atoms with Crippen LogP contribution in [0.25, 0.3) is 16.9 Å². The average molecular weight is 225 g/mol. The van der Waals surface area contributed by atoms with Gasteiger partial charge in [0, 0.05) is 17.8 Å². The van der Waals surface area contributed by atoms with Gasteiger partial charge in [0.05, 0.1) is 19.0 Å². The molecule has 0 aliphatic rings. The van der Waals surface area contributed by atoms with Crippen LogP contribution in [0, 0.1) is 0 Å². The molecule has 0 amide bonds. The molecule has 3 aromatic rings. The molecule has 0 N–H and O–H groups in total. The number of hydrogen-bond acceptors (Lipinski definition) is 3. The summed E-state index contributed by atoms with van der Waals surface area (Å²) in [5, 5.41) is 4.27. The van der Waals surface area contributed by atoms with Crippen molar-refractivity contribution in [1.29, 1.82) is 0 Å². The first kappa shape index (κ1) is 9.84. The predicted molar refractivity (Wildman–Crippen MR) is 65.0 cm³/mol. The zero-order valence-electron chi connectivity index (χ0n) is 9.37. The molecule has 4 heteroatoms. The van der Waals surface area contributed by atoms with Crippen molar-refractivity contribution in [3.8, 4) is 17.0 Å². The minimum Gasteiger partial charge on any atom is -0.496 e. The number of ether oxygens (including phenoxy) is 1. The fraction of sp³-hybridized carbons (Fsp3) is 0.0769. The Kier molecular flexibility index (Phi) is 2.26. The second-order valence-electron chi connectivity index (χ2n) is 3.63. The van der Waals surface area contributed by atoms with Gasteiger partial charge in [0.25, 0.3) is 0 Å². The van der Waals surface area contributed by atoms with Crippen molar-refractivity contribution in [2.24, 2.45) is 0 Å². The Labute approximate surface area is 98.5 Å². The molecule has 0 spiro atoms. The van der Waals surface area contributed by atoms with Crippen molar-refractivity contribution < 1.29 is 4.74 Å². The molecule has 0 aliphatic heterocycles. The third-order valence-electron chi connectivity index (χ3n) is 2.67. The van der Waals surface area contributed by atoms with Crippen molar-refractivity contribution in [2.75, 3.05) is 7.11 Å². The van der Waals surface area contributed by atoms with Gasteiger partial charge < -0.3 is 4.74 Å². The summed E-state index contributed by atoms with van der Waals surface area (Å²) in [4.78, 5) is 4.24. The average Bonchev–Trinajstić information content (AvgIpc) is 2.86. The summed E-state index contributed by atoms with van der Waals surface area (Å²) in [6, 6.07) is 11.7. The lowest BCUT2D eigenvalue weighted by molar-refractivity contribution is 0.416. The fourth-order valence-corrected chi connectivity index (χ4v) is 1.89. The number of methoxy groups -OCH3 is 1. The summed E-state index contributed by atoms with van der Waals surface area (Å²) in [7, 11) is 1.67. The fourth-order valence-electron chi connectivity index (χ4n) is 1.89. The van der Waals surface area contributed by atoms with Gasteiger partial charge in [-0.25, -0.2) is 9.50 Å². The van der Waals surface area contributed by atoms with Gasteiger partial charge in [-0.3, -0.25) is 0 Å².